The van der Waals surface area contributed by atoms with E-state index < -0.39 is 40.4 Å². The summed E-state index contributed by atoms with van der Waals surface area (Å²) in [4.78, 5) is 37.1. The number of rotatable bonds is 5. The van der Waals surface area contributed by atoms with Crippen molar-refractivity contribution in [2.45, 2.75) is 39.7 Å². The molecule has 1 aromatic carbocycles. The predicted octanol–water partition coefficient (Wildman–Crippen LogP) is 3.70. The summed E-state index contributed by atoms with van der Waals surface area (Å²) in [5.41, 5.74) is -2.34. The summed E-state index contributed by atoms with van der Waals surface area (Å²) < 4.78 is 24.6. The molecule has 2 N–H and O–H groups in total. The molecular formula is C22H26FNO6. The molecule has 8 heteroatoms. The highest BCUT2D eigenvalue weighted by molar-refractivity contribution is 6.02. The molecule has 0 saturated carbocycles. The first kappa shape index (κ1) is 23.1. The number of aliphatic hydroxyl groups is 1. The van der Waals surface area contributed by atoms with Gasteiger partial charge in [-0.2, -0.15) is 0 Å². The first-order chi connectivity index (χ1) is 13.9. The summed E-state index contributed by atoms with van der Waals surface area (Å²) in [5, 5.41) is 13.2. The number of hydrogen-bond acceptors (Lipinski definition) is 6. The summed E-state index contributed by atoms with van der Waals surface area (Å²) in [6.45, 7) is 6.00. The summed E-state index contributed by atoms with van der Waals surface area (Å²) >= 11 is 0. The first-order valence-electron chi connectivity index (χ1n) is 9.36. The zero-order valence-electron chi connectivity index (χ0n) is 17.7. The lowest BCUT2D eigenvalue weighted by molar-refractivity contribution is -0.149. The molecule has 0 heterocycles. The van der Waals surface area contributed by atoms with Crippen molar-refractivity contribution in [3.63, 3.8) is 0 Å². The topological polar surface area (TPSA) is 102 Å². The van der Waals surface area contributed by atoms with Crippen LogP contribution in [0.4, 0.5) is 9.18 Å². The Hall–Kier alpha value is -3.16. The Kier molecular flexibility index (Phi) is 6.70. The van der Waals surface area contributed by atoms with Gasteiger partial charge in [-0.15, -0.1) is 0 Å². The van der Waals surface area contributed by atoms with Crippen LogP contribution in [0.2, 0.25) is 0 Å². The lowest BCUT2D eigenvalue weighted by atomic mass is 9.73. The number of carbonyl (C=O) groups excluding carboxylic acids is 3. The van der Waals surface area contributed by atoms with Crippen molar-refractivity contribution in [3.8, 4) is 0 Å². The second kappa shape index (κ2) is 8.69. The highest BCUT2D eigenvalue weighted by Gasteiger charge is 2.44. The van der Waals surface area contributed by atoms with Crippen LogP contribution in [-0.4, -0.2) is 42.2 Å². The third-order valence-electron chi connectivity index (χ3n) is 4.57. The van der Waals surface area contributed by atoms with Crippen LogP contribution in [0.15, 0.2) is 41.7 Å². The van der Waals surface area contributed by atoms with Crippen LogP contribution in [0.5, 0.6) is 0 Å². The van der Waals surface area contributed by atoms with Crippen LogP contribution in [0.3, 0.4) is 0 Å². The number of benzene rings is 1. The van der Waals surface area contributed by atoms with Crippen molar-refractivity contribution >= 4 is 23.4 Å². The van der Waals surface area contributed by atoms with E-state index in [4.69, 9.17) is 9.47 Å². The third-order valence-corrected chi connectivity index (χ3v) is 4.57. The number of amides is 1. The summed E-state index contributed by atoms with van der Waals surface area (Å²) in [7, 11) is 1.17. The molecule has 30 heavy (non-hydrogen) atoms. The van der Waals surface area contributed by atoms with Crippen LogP contribution in [-0.2, 0) is 19.1 Å². The van der Waals surface area contributed by atoms with Gasteiger partial charge in [0.1, 0.15) is 22.6 Å². The Morgan fingerprint density at radius 1 is 1.23 bits per heavy atom. The van der Waals surface area contributed by atoms with E-state index >= 15 is 0 Å². The quantitative estimate of drug-likeness (QED) is 0.706. The van der Waals surface area contributed by atoms with Gasteiger partial charge >= 0.3 is 12.1 Å². The van der Waals surface area contributed by atoms with Crippen LogP contribution in [0, 0.1) is 11.2 Å². The van der Waals surface area contributed by atoms with Gasteiger partial charge < -0.3 is 19.9 Å². The largest absolute Gasteiger partial charge is 0.507 e. The zero-order chi connectivity index (χ0) is 22.7. The fourth-order valence-corrected chi connectivity index (χ4v) is 3.22. The number of hydrogen-bond donors (Lipinski definition) is 2. The van der Waals surface area contributed by atoms with Crippen LogP contribution in [0.25, 0.3) is 5.57 Å². The summed E-state index contributed by atoms with van der Waals surface area (Å²) in [6, 6.07) is 5.70. The molecule has 0 fully saturated rings. The van der Waals surface area contributed by atoms with E-state index in [0.29, 0.717) is 0 Å². The van der Waals surface area contributed by atoms with Gasteiger partial charge in [0, 0.05) is 17.7 Å². The minimum absolute atomic E-state index is 0.0485. The number of esters is 1. The minimum Gasteiger partial charge on any atom is -0.507 e. The standard InChI is InChI=1S/C22H26FNO6/c1-13(25)15-10-22(19(27)29-5,12-24-20(28)30-21(2,3)4)11-16(18(15)26)14-8-6-7-9-17(14)23/h6-10,26H,11-12H2,1-5H3,(H,24,28). The molecule has 1 amide bonds. The fraction of sp³-hybridized carbons (Fsp3) is 0.409. The van der Waals surface area contributed by atoms with Gasteiger partial charge in [-0.25, -0.2) is 9.18 Å². The summed E-state index contributed by atoms with van der Waals surface area (Å²) in [6.07, 6.45) is 0.298. The highest BCUT2D eigenvalue weighted by atomic mass is 19.1. The lowest BCUT2D eigenvalue weighted by Gasteiger charge is -2.34. The number of halogens is 1. The number of carbonyl (C=O) groups is 3. The molecule has 1 aliphatic carbocycles. The normalized spacial score (nSPS) is 19.1. The van der Waals surface area contributed by atoms with Gasteiger partial charge in [0.2, 0.25) is 0 Å². The third kappa shape index (κ3) is 5.06. The van der Waals surface area contributed by atoms with Crippen molar-refractivity contribution in [2.75, 3.05) is 13.7 Å². The number of ether oxygens (including phenoxy) is 2. The summed E-state index contributed by atoms with van der Waals surface area (Å²) in [5.74, 6) is -2.31. The Bertz CT molecular complexity index is 928. The Morgan fingerprint density at radius 3 is 2.40 bits per heavy atom. The van der Waals surface area contributed by atoms with Crippen molar-refractivity contribution in [3.05, 3.63) is 53.1 Å². The molecule has 1 aromatic rings. The zero-order valence-corrected chi connectivity index (χ0v) is 17.7. The first-order valence-corrected chi connectivity index (χ1v) is 9.36. The van der Waals surface area contributed by atoms with Gasteiger partial charge in [0.15, 0.2) is 5.78 Å². The van der Waals surface area contributed by atoms with Gasteiger partial charge in [-0.1, -0.05) is 24.3 Å². The Balaban J connectivity index is 2.52. The molecule has 0 aliphatic heterocycles. The molecule has 0 bridgehead atoms. The van der Waals surface area contributed by atoms with E-state index in [2.05, 4.69) is 5.32 Å². The predicted molar refractivity (Wildman–Crippen MR) is 108 cm³/mol. The van der Waals surface area contributed by atoms with Crippen molar-refractivity contribution in [1.82, 2.24) is 5.32 Å². The number of Topliss-reactive ketones (excluding diaryl/α,β-unsaturated/α-hetero) is 1. The maximum absolute atomic E-state index is 14.5. The van der Waals surface area contributed by atoms with Crippen molar-refractivity contribution in [2.24, 2.45) is 5.41 Å². The number of ketones is 1. The maximum Gasteiger partial charge on any atom is 0.407 e. The molecular weight excluding hydrogens is 393 g/mol. The number of methoxy groups -OCH3 is 1. The molecule has 0 saturated heterocycles. The maximum atomic E-state index is 14.5. The average molecular weight is 419 g/mol. The van der Waals surface area contributed by atoms with E-state index in [1.165, 1.54) is 38.3 Å². The van der Waals surface area contributed by atoms with Crippen molar-refractivity contribution < 1.29 is 33.4 Å². The van der Waals surface area contributed by atoms with Crippen molar-refractivity contribution in [1.29, 1.82) is 0 Å². The van der Waals surface area contributed by atoms with E-state index in [1.807, 2.05) is 0 Å². The molecule has 1 atom stereocenters. The van der Waals surface area contributed by atoms with E-state index in [1.54, 1.807) is 26.8 Å². The molecule has 1 unspecified atom stereocenters. The minimum atomic E-state index is -1.55. The molecule has 0 radical (unpaired) electrons. The fourth-order valence-electron chi connectivity index (χ4n) is 3.22. The molecule has 1 aliphatic rings. The van der Waals surface area contributed by atoms with E-state index in [9.17, 15) is 23.9 Å². The monoisotopic (exact) mass is 419 g/mol. The Morgan fingerprint density at radius 2 is 1.87 bits per heavy atom. The smallest absolute Gasteiger partial charge is 0.407 e. The number of aliphatic hydroxyl groups excluding tert-OH is 1. The number of allylic oxidation sites excluding steroid dienone is 2. The SMILES string of the molecule is COC(=O)C1(CNC(=O)OC(C)(C)C)C=C(C(C)=O)C(O)=C(c2ccccc2F)C1. The van der Waals surface area contributed by atoms with Crippen LogP contribution < -0.4 is 5.32 Å². The highest BCUT2D eigenvalue weighted by Crippen LogP contribution is 2.43. The second-order valence-electron chi connectivity index (χ2n) is 8.10. The van der Waals surface area contributed by atoms with Crippen LogP contribution >= 0.6 is 0 Å². The Labute approximate surface area is 174 Å². The van der Waals surface area contributed by atoms with E-state index in [0.717, 1.165) is 0 Å². The van der Waals surface area contributed by atoms with Gasteiger partial charge in [0.05, 0.1) is 12.7 Å². The van der Waals surface area contributed by atoms with Gasteiger partial charge in [0.25, 0.3) is 0 Å². The van der Waals surface area contributed by atoms with E-state index in [-0.39, 0.29) is 29.7 Å². The average Bonchev–Trinajstić information content (AvgIpc) is 2.65. The molecule has 162 valence electrons. The molecule has 2 rings (SSSR count). The number of alkyl carbamates (subject to hydrolysis) is 1. The number of nitrogens with one attached hydrogen (secondary N) is 1. The molecule has 7 nitrogen and oxygen atoms in total. The second-order valence-corrected chi connectivity index (χ2v) is 8.10. The van der Waals surface area contributed by atoms with Gasteiger partial charge in [-0.05, 0) is 40.2 Å². The molecule has 0 aromatic heterocycles. The lowest BCUT2D eigenvalue weighted by Crippen LogP contribution is -2.45. The van der Waals surface area contributed by atoms with Gasteiger partial charge in [-0.3, -0.25) is 9.59 Å². The van der Waals surface area contributed by atoms with Crippen LogP contribution in [0.1, 0.15) is 39.7 Å². The molecule has 0 spiro atoms.